The molecule has 1 aliphatic rings. The van der Waals surface area contributed by atoms with Crippen LogP contribution in [0.1, 0.15) is 18.9 Å². The summed E-state index contributed by atoms with van der Waals surface area (Å²) in [6, 6.07) is 16.5. The maximum atomic E-state index is 11.6. The standard InChI is InChI=1S/C21H18N2O2S.HO2P/c1-2-15-11-12-25-21(24)23-18(15)13-14-7-9-16(10-8-14)20-22-17-5-3-4-6-19(17)26-20;1-3-2/h3-12H,2,13H2,1H3,(H,23,24);3H/p+1. The molecule has 8 heteroatoms. The highest BCUT2D eigenvalue weighted by molar-refractivity contribution is 7.21. The van der Waals surface area contributed by atoms with Crippen LogP contribution >= 0.6 is 20.0 Å². The van der Waals surface area contributed by atoms with Crippen molar-refractivity contribution in [3.63, 3.8) is 0 Å². The highest BCUT2D eigenvalue weighted by Gasteiger charge is 2.13. The molecule has 148 valence electrons. The number of rotatable bonds is 4. The van der Waals surface area contributed by atoms with E-state index in [0.717, 1.165) is 39.3 Å². The second kappa shape index (κ2) is 10.1. The molecule has 2 N–H and O–H groups in total. The van der Waals surface area contributed by atoms with E-state index in [1.165, 1.54) is 11.0 Å². The van der Waals surface area contributed by atoms with Crippen molar-refractivity contribution >= 4 is 36.3 Å². The smallest absolute Gasteiger partial charge is 0.418 e. The normalized spacial score (nSPS) is 13.5. The van der Waals surface area contributed by atoms with Gasteiger partial charge in [-0.05, 0) is 40.3 Å². The lowest BCUT2D eigenvalue weighted by molar-refractivity contribution is 0.189. The first-order valence-corrected chi connectivity index (χ1v) is 10.6. The summed E-state index contributed by atoms with van der Waals surface area (Å²) in [5, 5.41) is 3.86. The van der Waals surface area contributed by atoms with Gasteiger partial charge in [0, 0.05) is 17.7 Å². The van der Waals surface area contributed by atoms with Crippen LogP contribution in [0.25, 0.3) is 20.8 Å². The molecular weight excluding hydrogens is 407 g/mol. The van der Waals surface area contributed by atoms with Gasteiger partial charge >= 0.3 is 14.8 Å². The maximum absolute atomic E-state index is 11.6. The quantitative estimate of drug-likeness (QED) is 0.549. The minimum atomic E-state index is -1.17. The zero-order chi connectivity index (χ0) is 20.6. The number of thiazole rings is 1. The number of aromatic nitrogens is 1. The van der Waals surface area contributed by atoms with Crippen LogP contribution in [0.3, 0.4) is 0 Å². The minimum Gasteiger partial charge on any atom is -0.418 e. The van der Waals surface area contributed by atoms with Crippen LogP contribution in [0, 0.1) is 0 Å². The molecule has 2 heterocycles. The molecule has 0 saturated carbocycles. The third-order valence-corrected chi connectivity index (χ3v) is 5.43. The molecule has 0 fully saturated rings. The largest absolute Gasteiger partial charge is 0.491 e. The van der Waals surface area contributed by atoms with Gasteiger partial charge in [0.25, 0.3) is 0 Å². The van der Waals surface area contributed by atoms with Gasteiger partial charge in [0.2, 0.25) is 0 Å². The Morgan fingerprint density at radius 1 is 1.17 bits per heavy atom. The summed E-state index contributed by atoms with van der Waals surface area (Å²) in [4.78, 5) is 23.4. The molecule has 1 atom stereocenters. The van der Waals surface area contributed by atoms with Crippen LogP contribution < -0.4 is 5.32 Å². The zero-order valence-electron chi connectivity index (χ0n) is 15.7. The number of nitrogens with one attached hydrogen (secondary N) is 1. The van der Waals surface area contributed by atoms with Gasteiger partial charge in [0.1, 0.15) is 5.01 Å². The summed E-state index contributed by atoms with van der Waals surface area (Å²) in [6.07, 6.45) is 4.34. The predicted octanol–water partition coefficient (Wildman–Crippen LogP) is 5.34. The van der Waals surface area contributed by atoms with E-state index < -0.39 is 14.8 Å². The number of cyclic esters (lactones) is 1. The summed E-state index contributed by atoms with van der Waals surface area (Å²) < 4.78 is 14.6. The van der Waals surface area contributed by atoms with E-state index >= 15 is 0 Å². The second-order valence-corrected chi connectivity index (χ2v) is 7.36. The molecule has 0 bridgehead atoms. The number of hydrogen-bond acceptors (Lipinski definition) is 5. The number of ether oxygens (including phenoxy) is 1. The fourth-order valence-corrected chi connectivity index (χ4v) is 3.94. The van der Waals surface area contributed by atoms with Gasteiger partial charge < -0.3 is 4.74 Å². The van der Waals surface area contributed by atoms with Gasteiger partial charge in [0.15, 0.2) is 0 Å². The first-order chi connectivity index (χ1) is 14.1. The van der Waals surface area contributed by atoms with Crippen LogP contribution in [0.15, 0.2) is 72.1 Å². The van der Waals surface area contributed by atoms with Crippen molar-refractivity contribution in [3.05, 3.63) is 77.7 Å². The van der Waals surface area contributed by atoms with Crippen molar-refractivity contribution in [3.8, 4) is 10.6 Å². The number of allylic oxidation sites excluding steroid dienone is 3. The summed E-state index contributed by atoms with van der Waals surface area (Å²) in [5.74, 6) is 0. The molecule has 1 aliphatic heterocycles. The first-order valence-electron chi connectivity index (χ1n) is 8.97. The average molecular weight is 427 g/mol. The van der Waals surface area contributed by atoms with Gasteiger partial charge in [-0.15, -0.1) is 11.3 Å². The summed E-state index contributed by atoms with van der Waals surface area (Å²) in [5.41, 5.74) is 5.23. The number of carbonyl (C=O) groups is 1. The lowest BCUT2D eigenvalue weighted by Gasteiger charge is -2.11. The second-order valence-electron chi connectivity index (χ2n) is 6.14. The van der Waals surface area contributed by atoms with Crippen molar-refractivity contribution in [2.45, 2.75) is 19.8 Å². The highest BCUT2D eigenvalue weighted by Crippen LogP contribution is 2.30. The van der Waals surface area contributed by atoms with E-state index in [2.05, 4.69) is 42.6 Å². The average Bonchev–Trinajstić information content (AvgIpc) is 3.08. The molecule has 29 heavy (non-hydrogen) atoms. The third-order valence-electron chi connectivity index (χ3n) is 4.34. The Kier molecular flexibility index (Phi) is 7.25. The number of nitrogens with zero attached hydrogens (tertiary/aromatic N) is 1. The van der Waals surface area contributed by atoms with Crippen LogP contribution in [-0.2, 0) is 15.7 Å². The van der Waals surface area contributed by atoms with Gasteiger partial charge in [-0.2, -0.15) is 4.89 Å². The number of amides is 1. The Labute approximate surface area is 173 Å². The van der Waals surface area contributed by atoms with Crippen molar-refractivity contribution in [2.75, 3.05) is 0 Å². The molecule has 3 aromatic rings. The maximum Gasteiger partial charge on any atom is 0.491 e. The van der Waals surface area contributed by atoms with Gasteiger partial charge in [-0.25, -0.2) is 9.78 Å². The molecule has 0 spiro atoms. The fourth-order valence-electron chi connectivity index (χ4n) is 2.97. The summed E-state index contributed by atoms with van der Waals surface area (Å²) >= 11 is 1.70. The SMILES string of the molecule is CCC1=C(Cc2ccc(-c3nc4ccccc4s3)cc2)NC(=O)OC=C1.O=[PH+]O. The van der Waals surface area contributed by atoms with Crippen LogP contribution in [0.2, 0.25) is 0 Å². The van der Waals surface area contributed by atoms with Crippen molar-refractivity contribution in [1.29, 1.82) is 0 Å². The van der Waals surface area contributed by atoms with Crippen molar-refractivity contribution in [1.82, 2.24) is 10.3 Å². The Hall–Kier alpha value is -2.86. The van der Waals surface area contributed by atoms with E-state index in [1.807, 2.05) is 24.3 Å². The Balaban J connectivity index is 0.000000755. The molecule has 1 aromatic heterocycles. The number of fused-ring (bicyclic) bond motifs is 1. The Morgan fingerprint density at radius 3 is 2.59 bits per heavy atom. The topological polar surface area (TPSA) is 88.5 Å². The Morgan fingerprint density at radius 2 is 1.90 bits per heavy atom. The fraction of sp³-hybridized carbons (Fsp3) is 0.143. The van der Waals surface area contributed by atoms with Gasteiger partial charge in [-0.1, -0.05) is 43.3 Å². The molecular formula is C21H20N2O4PS+. The molecule has 2 aromatic carbocycles. The molecule has 0 saturated heterocycles. The predicted molar refractivity (Wildman–Crippen MR) is 116 cm³/mol. The lowest BCUT2D eigenvalue weighted by Crippen LogP contribution is -2.23. The highest BCUT2D eigenvalue weighted by atomic mass is 32.1. The van der Waals surface area contributed by atoms with E-state index in [-0.39, 0.29) is 0 Å². The first kappa shape index (κ1) is 20.9. The molecule has 6 nitrogen and oxygen atoms in total. The van der Waals surface area contributed by atoms with Crippen LogP contribution in [0.4, 0.5) is 4.79 Å². The summed E-state index contributed by atoms with van der Waals surface area (Å²) in [6.45, 7) is 2.06. The van der Waals surface area contributed by atoms with E-state index in [9.17, 15) is 4.79 Å². The molecule has 1 amide bonds. The summed E-state index contributed by atoms with van der Waals surface area (Å²) in [7, 11) is -1.17. The van der Waals surface area contributed by atoms with Crippen molar-refractivity contribution < 1.29 is 19.0 Å². The van der Waals surface area contributed by atoms with E-state index in [1.54, 1.807) is 11.3 Å². The van der Waals surface area contributed by atoms with E-state index in [4.69, 9.17) is 19.2 Å². The van der Waals surface area contributed by atoms with Crippen LogP contribution in [-0.4, -0.2) is 16.0 Å². The van der Waals surface area contributed by atoms with Crippen LogP contribution in [0.5, 0.6) is 0 Å². The number of carbonyl (C=O) groups excluding carboxylic acids is 1. The third kappa shape index (κ3) is 5.35. The van der Waals surface area contributed by atoms with E-state index in [0.29, 0.717) is 6.42 Å². The van der Waals surface area contributed by atoms with Crippen molar-refractivity contribution in [2.24, 2.45) is 0 Å². The molecule has 4 rings (SSSR count). The zero-order valence-corrected chi connectivity index (χ0v) is 17.5. The van der Waals surface area contributed by atoms with Gasteiger partial charge in [-0.3, -0.25) is 5.32 Å². The number of para-hydroxylation sites is 1. The number of alkyl carbamates (subject to hydrolysis) is 1. The molecule has 1 unspecified atom stereocenters. The number of benzene rings is 2. The molecule has 0 radical (unpaired) electrons. The number of hydrogen-bond donors (Lipinski definition) is 2. The molecule has 0 aliphatic carbocycles. The Bertz CT molecular complexity index is 1040. The minimum absolute atomic E-state index is 0.439. The van der Waals surface area contributed by atoms with Gasteiger partial charge in [0.05, 0.1) is 16.5 Å². The monoisotopic (exact) mass is 427 g/mol. The lowest BCUT2D eigenvalue weighted by atomic mass is 10.0.